The van der Waals surface area contributed by atoms with Crippen molar-refractivity contribution >= 4 is 29.9 Å². The number of ether oxygens (including phenoxy) is 1. The lowest BCUT2D eigenvalue weighted by Gasteiger charge is -2.36. The fourth-order valence-electron chi connectivity index (χ4n) is 4.31. The summed E-state index contributed by atoms with van der Waals surface area (Å²) in [4.78, 5) is 9.43. The summed E-state index contributed by atoms with van der Waals surface area (Å²) < 4.78 is 8.10. The first-order chi connectivity index (χ1) is 14.2. The number of hydrogen-bond donors (Lipinski definition) is 1. The van der Waals surface area contributed by atoms with E-state index in [0.29, 0.717) is 6.04 Å². The first-order valence-electron chi connectivity index (χ1n) is 10.6. The number of aliphatic imine (C=N–C) groups is 1. The van der Waals surface area contributed by atoms with E-state index in [0.717, 1.165) is 58.3 Å². The highest BCUT2D eigenvalue weighted by Crippen LogP contribution is 2.24. The van der Waals surface area contributed by atoms with Gasteiger partial charge in [-0.15, -0.1) is 24.0 Å². The van der Waals surface area contributed by atoms with Crippen molar-refractivity contribution in [3.63, 3.8) is 0 Å². The summed E-state index contributed by atoms with van der Waals surface area (Å²) in [5, 5.41) is 7.87. The quantitative estimate of drug-likeness (QED) is 0.272. The number of morpholine rings is 1. The molecule has 0 aliphatic carbocycles. The zero-order valence-electron chi connectivity index (χ0n) is 17.9. The van der Waals surface area contributed by atoms with Crippen molar-refractivity contribution < 1.29 is 4.74 Å². The number of guanidine groups is 1. The number of aromatic nitrogens is 2. The first-order valence-corrected chi connectivity index (χ1v) is 10.6. The van der Waals surface area contributed by atoms with E-state index >= 15 is 0 Å². The molecule has 2 unspecified atom stereocenters. The number of fused-ring (bicyclic) bond motifs is 1. The molecule has 0 amide bonds. The fraction of sp³-hybridized carbons (Fsp3) is 0.545. The highest BCUT2D eigenvalue weighted by molar-refractivity contribution is 14.0. The van der Waals surface area contributed by atoms with Crippen molar-refractivity contribution in [2.45, 2.75) is 38.6 Å². The Kier molecular flexibility index (Phi) is 8.52. The zero-order chi connectivity index (χ0) is 20.1. The second-order valence-corrected chi connectivity index (χ2v) is 7.95. The minimum atomic E-state index is 0. The van der Waals surface area contributed by atoms with Gasteiger partial charge in [-0.2, -0.15) is 5.10 Å². The van der Waals surface area contributed by atoms with E-state index in [1.807, 2.05) is 17.9 Å². The molecular weight excluding hydrogens is 491 g/mol. The van der Waals surface area contributed by atoms with Crippen LogP contribution in [0.1, 0.15) is 17.5 Å². The van der Waals surface area contributed by atoms with Gasteiger partial charge in [0.1, 0.15) is 0 Å². The highest BCUT2D eigenvalue weighted by Gasteiger charge is 2.41. The van der Waals surface area contributed by atoms with Crippen LogP contribution in [0.2, 0.25) is 0 Å². The molecule has 1 aromatic carbocycles. The Morgan fingerprint density at radius 2 is 2.10 bits per heavy atom. The predicted molar refractivity (Wildman–Crippen MR) is 130 cm³/mol. The number of benzene rings is 1. The fourth-order valence-corrected chi connectivity index (χ4v) is 4.31. The molecule has 2 fully saturated rings. The van der Waals surface area contributed by atoms with E-state index in [-0.39, 0.29) is 30.1 Å². The standard InChI is InChI=1S/C22H32N6O.HI/c1-18-13-25-28(14-18)10-6-9-24-22(23-2)27-16-20-21(17-27)29-12-11-26(20)15-19-7-4-3-5-8-19;/h3-5,7-8,13-14,20-21H,6,9-12,15-17H2,1-2H3,(H,23,24);1H. The van der Waals surface area contributed by atoms with Crippen LogP contribution < -0.4 is 5.32 Å². The van der Waals surface area contributed by atoms with Gasteiger partial charge in [-0.3, -0.25) is 14.6 Å². The van der Waals surface area contributed by atoms with Crippen molar-refractivity contribution in [2.75, 3.05) is 39.8 Å². The monoisotopic (exact) mass is 524 g/mol. The number of rotatable bonds is 6. The average Bonchev–Trinajstić information content (AvgIpc) is 3.35. The van der Waals surface area contributed by atoms with Gasteiger partial charge >= 0.3 is 0 Å². The molecule has 3 heterocycles. The Balaban J connectivity index is 0.00000256. The van der Waals surface area contributed by atoms with Gasteiger partial charge in [0.15, 0.2) is 5.96 Å². The molecule has 2 saturated heterocycles. The van der Waals surface area contributed by atoms with Crippen LogP contribution in [0.4, 0.5) is 0 Å². The number of halogens is 1. The van der Waals surface area contributed by atoms with E-state index in [1.54, 1.807) is 0 Å². The maximum atomic E-state index is 6.10. The third kappa shape index (κ3) is 5.73. The molecule has 30 heavy (non-hydrogen) atoms. The van der Waals surface area contributed by atoms with E-state index in [2.05, 4.69) is 68.7 Å². The average molecular weight is 524 g/mol. The lowest BCUT2D eigenvalue weighted by molar-refractivity contribution is -0.0502. The minimum Gasteiger partial charge on any atom is -0.373 e. The molecule has 0 spiro atoms. The SMILES string of the molecule is CN=C(NCCCn1cc(C)cn1)N1CC2OCCN(Cc3ccccc3)C2C1.I. The number of likely N-dealkylation sites (tertiary alicyclic amines) is 1. The molecule has 4 rings (SSSR count). The van der Waals surface area contributed by atoms with Crippen LogP contribution in [0.25, 0.3) is 0 Å². The highest BCUT2D eigenvalue weighted by atomic mass is 127. The van der Waals surface area contributed by atoms with Crippen molar-refractivity contribution in [1.82, 2.24) is 24.9 Å². The second kappa shape index (κ2) is 11.1. The molecule has 0 saturated carbocycles. The first kappa shape index (κ1) is 23.0. The topological polar surface area (TPSA) is 57.9 Å². The third-order valence-electron chi connectivity index (χ3n) is 5.77. The molecule has 0 bridgehead atoms. The number of nitrogens with zero attached hydrogens (tertiary/aromatic N) is 5. The molecule has 8 heteroatoms. The van der Waals surface area contributed by atoms with Gasteiger partial charge in [-0.1, -0.05) is 30.3 Å². The van der Waals surface area contributed by atoms with Gasteiger partial charge in [0.25, 0.3) is 0 Å². The van der Waals surface area contributed by atoms with Crippen LogP contribution in [-0.4, -0.2) is 77.5 Å². The molecule has 2 aliphatic rings. The maximum Gasteiger partial charge on any atom is 0.193 e. The van der Waals surface area contributed by atoms with Crippen molar-refractivity contribution in [3.8, 4) is 0 Å². The lowest BCUT2D eigenvalue weighted by Crippen LogP contribution is -2.50. The van der Waals surface area contributed by atoms with E-state index in [1.165, 1.54) is 11.1 Å². The van der Waals surface area contributed by atoms with E-state index in [4.69, 9.17) is 4.74 Å². The third-order valence-corrected chi connectivity index (χ3v) is 5.77. The summed E-state index contributed by atoms with van der Waals surface area (Å²) in [5.41, 5.74) is 2.57. The summed E-state index contributed by atoms with van der Waals surface area (Å²) >= 11 is 0. The van der Waals surface area contributed by atoms with Gasteiger partial charge in [0.2, 0.25) is 0 Å². The van der Waals surface area contributed by atoms with Gasteiger partial charge in [-0.05, 0) is 24.5 Å². The summed E-state index contributed by atoms with van der Waals surface area (Å²) in [6, 6.07) is 11.1. The molecule has 0 radical (unpaired) electrons. The summed E-state index contributed by atoms with van der Waals surface area (Å²) in [6.07, 6.45) is 5.24. The number of aryl methyl sites for hydroxylation is 2. The molecule has 7 nitrogen and oxygen atoms in total. The van der Waals surface area contributed by atoms with Crippen LogP contribution in [-0.2, 0) is 17.8 Å². The van der Waals surface area contributed by atoms with Gasteiger partial charge in [0.05, 0.1) is 24.9 Å². The van der Waals surface area contributed by atoms with Gasteiger partial charge < -0.3 is 15.0 Å². The Labute approximate surface area is 196 Å². The molecule has 2 aromatic rings. The predicted octanol–water partition coefficient (Wildman–Crippen LogP) is 2.36. The van der Waals surface area contributed by atoms with Crippen LogP contribution in [0.15, 0.2) is 47.7 Å². The van der Waals surface area contributed by atoms with E-state index in [9.17, 15) is 0 Å². The maximum absolute atomic E-state index is 6.10. The molecule has 2 atom stereocenters. The molecule has 164 valence electrons. The Bertz CT molecular complexity index is 811. The molecule has 1 N–H and O–H groups in total. The van der Waals surface area contributed by atoms with Crippen LogP contribution >= 0.6 is 24.0 Å². The number of hydrogen-bond acceptors (Lipinski definition) is 4. The van der Waals surface area contributed by atoms with E-state index < -0.39 is 0 Å². The molecular formula is C22H33IN6O. The summed E-state index contributed by atoms with van der Waals surface area (Å²) in [7, 11) is 1.86. The largest absolute Gasteiger partial charge is 0.373 e. The summed E-state index contributed by atoms with van der Waals surface area (Å²) in [6.45, 7) is 8.48. The van der Waals surface area contributed by atoms with Crippen LogP contribution in [0.3, 0.4) is 0 Å². The summed E-state index contributed by atoms with van der Waals surface area (Å²) in [5.74, 6) is 0.972. The zero-order valence-corrected chi connectivity index (χ0v) is 20.2. The minimum absolute atomic E-state index is 0. The van der Waals surface area contributed by atoms with Gasteiger partial charge in [-0.25, -0.2) is 0 Å². The van der Waals surface area contributed by atoms with Crippen molar-refractivity contribution in [2.24, 2.45) is 4.99 Å². The molecule has 2 aliphatic heterocycles. The Morgan fingerprint density at radius 3 is 2.83 bits per heavy atom. The van der Waals surface area contributed by atoms with Crippen LogP contribution in [0.5, 0.6) is 0 Å². The van der Waals surface area contributed by atoms with Crippen molar-refractivity contribution in [3.05, 3.63) is 53.9 Å². The normalized spacial score (nSPS) is 21.9. The second-order valence-electron chi connectivity index (χ2n) is 7.95. The molecule has 1 aromatic heterocycles. The van der Waals surface area contributed by atoms with Crippen molar-refractivity contribution in [1.29, 1.82) is 0 Å². The lowest BCUT2D eigenvalue weighted by atomic mass is 10.1. The van der Waals surface area contributed by atoms with Gasteiger partial charge in [0, 0.05) is 52.5 Å². The smallest absolute Gasteiger partial charge is 0.193 e. The van der Waals surface area contributed by atoms with Crippen LogP contribution in [0, 0.1) is 6.92 Å². The Morgan fingerprint density at radius 1 is 1.27 bits per heavy atom. The number of nitrogens with one attached hydrogen (secondary N) is 1. The Hall–Kier alpha value is -1.65.